The van der Waals surface area contributed by atoms with Crippen LogP contribution in [-0.2, 0) is 4.79 Å². The van der Waals surface area contributed by atoms with Gasteiger partial charge in [0, 0.05) is 19.0 Å². The third-order valence-corrected chi connectivity index (χ3v) is 2.39. The number of Topliss-reactive ketones (excluding diaryl/α,β-unsaturated/α-hetero) is 1. The quantitative estimate of drug-likeness (QED) is 0.539. The monoisotopic (exact) mass is 157 g/mol. The number of ketones is 1. The van der Waals surface area contributed by atoms with E-state index in [-0.39, 0.29) is 11.8 Å². The van der Waals surface area contributed by atoms with Crippen molar-refractivity contribution in [3.63, 3.8) is 0 Å². The molecule has 0 saturated carbocycles. The fourth-order valence-corrected chi connectivity index (χ4v) is 1.37. The lowest BCUT2D eigenvalue weighted by molar-refractivity contribution is -0.144. The van der Waals surface area contributed by atoms with E-state index in [1.54, 1.807) is 6.92 Å². The first-order valence-corrected chi connectivity index (χ1v) is 3.89. The van der Waals surface area contributed by atoms with Gasteiger partial charge < -0.3 is 5.11 Å². The van der Waals surface area contributed by atoms with Crippen molar-refractivity contribution in [1.82, 2.24) is 4.90 Å². The smallest absolute Gasteiger partial charge is 0.166 e. The summed E-state index contributed by atoms with van der Waals surface area (Å²) in [6.07, 6.45) is 0.462. The van der Waals surface area contributed by atoms with Crippen molar-refractivity contribution in [3.8, 4) is 0 Å². The van der Waals surface area contributed by atoms with Gasteiger partial charge in [-0.3, -0.25) is 9.69 Å². The average molecular weight is 157 g/mol. The van der Waals surface area contributed by atoms with Crippen LogP contribution < -0.4 is 0 Å². The van der Waals surface area contributed by atoms with E-state index in [0.29, 0.717) is 13.0 Å². The van der Waals surface area contributed by atoms with E-state index in [2.05, 4.69) is 0 Å². The first-order chi connectivity index (χ1) is 4.93. The third-order valence-electron chi connectivity index (χ3n) is 2.39. The van der Waals surface area contributed by atoms with Gasteiger partial charge in [-0.1, -0.05) is 0 Å². The van der Waals surface area contributed by atoms with Crippen molar-refractivity contribution in [2.45, 2.75) is 31.9 Å². The van der Waals surface area contributed by atoms with Gasteiger partial charge in [0.05, 0.1) is 0 Å². The molecule has 2 atom stereocenters. The second-order valence-electron chi connectivity index (χ2n) is 3.67. The zero-order valence-electron chi connectivity index (χ0n) is 7.29. The number of likely N-dealkylation sites (tertiary alicyclic amines) is 1. The van der Waals surface area contributed by atoms with Crippen LogP contribution in [-0.4, -0.2) is 41.0 Å². The van der Waals surface area contributed by atoms with Crippen LogP contribution in [0.3, 0.4) is 0 Å². The van der Waals surface area contributed by atoms with Crippen LogP contribution in [0.15, 0.2) is 0 Å². The van der Waals surface area contributed by atoms with E-state index >= 15 is 0 Å². The Morgan fingerprint density at radius 2 is 2.27 bits per heavy atom. The minimum Gasteiger partial charge on any atom is -0.381 e. The summed E-state index contributed by atoms with van der Waals surface area (Å²) in [6, 6.07) is 0.266. The Balaban J connectivity index is 2.71. The summed E-state index contributed by atoms with van der Waals surface area (Å²) in [5.41, 5.74) is -1.12. The van der Waals surface area contributed by atoms with Crippen LogP contribution in [0.1, 0.15) is 20.3 Å². The molecule has 3 heteroatoms. The van der Waals surface area contributed by atoms with Gasteiger partial charge in [-0.15, -0.1) is 0 Å². The molecule has 0 unspecified atom stereocenters. The summed E-state index contributed by atoms with van der Waals surface area (Å²) in [5, 5.41) is 9.54. The summed E-state index contributed by atoms with van der Waals surface area (Å²) in [5.74, 6) is -0.0388. The van der Waals surface area contributed by atoms with Crippen molar-refractivity contribution >= 4 is 5.78 Å². The Morgan fingerprint density at radius 3 is 2.73 bits per heavy atom. The number of aliphatic hydroxyl groups is 1. The summed E-state index contributed by atoms with van der Waals surface area (Å²) >= 11 is 0. The molecule has 0 bridgehead atoms. The topological polar surface area (TPSA) is 40.5 Å². The van der Waals surface area contributed by atoms with Gasteiger partial charge in [-0.25, -0.2) is 0 Å². The molecule has 0 aromatic carbocycles. The molecule has 0 spiro atoms. The van der Waals surface area contributed by atoms with Gasteiger partial charge >= 0.3 is 0 Å². The molecule has 0 aliphatic carbocycles. The normalized spacial score (nSPS) is 41.1. The van der Waals surface area contributed by atoms with Crippen molar-refractivity contribution in [3.05, 3.63) is 0 Å². The van der Waals surface area contributed by atoms with Gasteiger partial charge in [0.1, 0.15) is 5.60 Å². The number of carbonyl (C=O) groups excluding carboxylic acids is 1. The molecule has 11 heavy (non-hydrogen) atoms. The van der Waals surface area contributed by atoms with Gasteiger partial charge in [0.15, 0.2) is 5.78 Å². The van der Waals surface area contributed by atoms with Crippen LogP contribution in [0.4, 0.5) is 0 Å². The lowest BCUT2D eigenvalue weighted by Gasteiger charge is -2.37. The fraction of sp³-hybridized carbons (Fsp3) is 0.875. The second-order valence-corrected chi connectivity index (χ2v) is 3.67. The maximum Gasteiger partial charge on any atom is 0.166 e. The largest absolute Gasteiger partial charge is 0.381 e. The number of likely N-dealkylation sites (N-methyl/N-ethyl adjacent to an activating group) is 1. The molecule has 1 saturated heterocycles. The lowest BCUT2D eigenvalue weighted by atomic mass is 9.90. The molecule has 0 radical (unpaired) electrons. The van der Waals surface area contributed by atoms with E-state index in [9.17, 15) is 9.90 Å². The summed E-state index contributed by atoms with van der Waals surface area (Å²) in [6.45, 7) is 4.03. The number of nitrogens with zero attached hydrogens (tertiary/aromatic N) is 1. The number of carbonyl (C=O) groups is 1. The van der Waals surface area contributed by atoms with E-state index in [4.69, 9.17) is 0 Å². The summed E-state index contributed by atoms with van der Waals surface area (Å²) < 4.78 is 0. The van der Waals surface area contributed by atoms with Crippen LogP contribution in [0.5, 0.6) is 0 Å². The highest BCUT2D eigenvalue weighted by atomic mass is 16.3. The predicted octanol–water partition coefficient (Wildman–Crippen LogP) is 0.0305. The van der Waals surface area contributed by atoms with Crippen LogP contribution >= 0.6 is 0 Å². The molecule has 1 aliphatic heterocycles. The highest BCUT2D eigenvalue weighted by Crippen LogP contribution is 2.19. The van der Waals surface area contributed by atoms with E-state index < -0.39 is 5.60 Å². The van der Waals surface area contributed by atoms with Crippen molar-refractivity contribution in [1.29, 1.82) is 0 Å². The number of rotatable bonds is 0. The Labute approximate surface area is 67.0 Å². The maximum atomic E-state index is 11.2. The number of β-amino-alcohol motifs (C(OH)–C–C–N with tert-alkyl or cyclic N) is 1. The Bertz CT molecular complexity index is 177. The van der Waals surface area contributed by atoms with Gasteiger partial charge in [-0.05, 0) is 20.9 Å². The minimum absolute atomic E-state index is 0.0388. The van der Waals surface area contributed by atoms with E-state index in [1.165, 1.54) is 0 Å². The van der Waals surface area contributed by atoms with Gasteiger partial charge in [-0.2, -0.15) is 0 Å². The molecule has 3 nitrogen and oxygen atoms in total. The molecule has 0 aromatic rings. The lowest BCUT2D eigenvalue weighted by Crippen LogP contribution is -2.54. The molecule has 1 rings (SSSR count). The predicted molar refractivity (Wildman–Crippen MR) is 42.3 cm³/mol. The maximum absolute atomic E-state index is 11.2. The summed E-state index contributed by atoms with van der Waals surface area (Å²) in [4.78, 5) is 13.2. The molecule has 1 fully saturated rings. The van der Waals surface area contributed by atoms with Crippen molar-refractivity contribution in [2.75, 3.05) is 13.6 Å². The molecule has 1 N–H and O–H groups in total. The van der Waals surface area contributed by atoms with Gasteiger partial charge in [0.2, 0.25) is 0 Å². The van der Waals surface area contributed by atoms with Crippen LogP contribution in [0, 0.1) is 0 Å². The number of hydrogen-bond donors (Lipinski definition) is 1. The minimum atomic E-state index is -1.12. The number of piperidine rings is 1. The SMILES string of the molecule is C[C@H]1CC(=O)[C@](C)(O)CN1C. The molecular weight excluding hydrogens is 142 g/mol. The third kappa shape index (κ3) is 1.60. The zero-order valence-corrected chi connectivity index (χ0v) is 7.29. The van der Waals surface area contributed by atoms with Crippen molar-refractivity contribution < 1.29 is 9.90 Å². The Hall–Kier alpha value is -0.410. The van der Waals surface area contributed by atoms with E-state index in [1.807, 2.05) is 18.9 Å². The molecule has 0 amide bonds. The fourth-order valence-electron chi connectivity index (χ4n) is 1.37. The molecule has 0 aromatic heterocycles. The molecule has 1 aliphatic rings. The highest BCUT2D eigenvalue weighted by Gasteiger charge is 2.37. The van der Waals surface area contributed by atoms with Crippen LogP contribution in [0.25, 0.3) is 0 Å². The molecule has 1 heterocycles. The zero-order chi connectivity index (χ0) is 8.65. The standard InChI is InChI=1S/C8H15NO2/c1-6-4-7(10)8(2,11)5-9(6)3/h6,11H,4-5H2,1-3H3/t6-,8+/m0/s1. The highest BCUT2D eigenvalue weighted by molar-refractivity contribution is 5.88. The molecule has 64 valence electrons. The first kappa shape index (κ1) is 8.68. The second kappa shape index (κ2) is 2.57. The Kier molecular flexibility index (Phi) is 2.03. The van der Waals surface area contributed by atoms with Gasteiger partial charge in [0.25, 0.3) is 0 Å². The van der Waals surface area contributed by atoms with Crippen molar-refractivity contribution in [2.24, 2.45) is 0 Å². The average Bonchev–Trinajstić information content (AvgIpc) is 1.83. The first-order valence-electron chi connectivity index (χ1n) is 3.89. The summed E-state index contributed by atoms with van der Waals surface area (Å²) in [7, 11) is 1.92. The van der Waals surface area contributed by atoms with Crippen LogP contribution in [0.2, 0.25) is 0 Å². The number of hydrogen-bond acceptors (Lipinski definition) is 3. The van der Waals surface area contributed by atoms with E-state index in [0.717, 1.165) is 0 Å². The Morgan fingerprint density at radius 1 is 1.73 bits per heavy atom. The molecular formula is C8H15NO2.